The van der Waals surface area contributed by atoms with Crippen molar-refractivity contribution in [2.45, 2.75) is 32.1 Å². The Morgan fingerprint density at radius 2 is 1.95 bits per heavy atom. The molecule has 0 radical (unpaired) electrons. The summed E-state index contributed by atoms with van der Waals surface area (Å²) in [5.74, 6) is 0.174. The summed E-state index contributed by atoms with van der Waals surface area (Å²) in [5.41, 5.74) is 2.10. The van der Waals surface area contributed by atoms with Crippen molar-refractivity contribution in [2.75, 3.05) is 24.5 Å². The van der Waals surface area contributed by atoms with Crippen molar-refractivity contribution >= 4 is 34.1 Å². The van der Waals surface area contributed by atoms with Gasteiger partial charge in [-0.1, -0.05) is 11.6 Å². The highest BCUT2D eigenvalue weighted by molar-refractivity contribution is 6.31. The van der Waals surface area contributed by atoms with E-state index >= 15 is 0 Å². The summed E-state index contributed by atoms with van der Waals surface area (Å²) in [5, 5.41) is 11.9. The fraction of sp³-hybridized carbons (Fsp3) is 0.500. The van der Waals surface area contributed by atoms with Crippen molar-refractivity contribution in [1.82, 2.24) is 15.5 Å². The number of nitrogens with zero attached hydrogens (tertiary/aromatic N) is 2. The number of hydrogen-bond donors (Lipinski definition) is 2. The van der Waals surface area contributed by atoms with Gasteiger partial charge in [-0.05, 0) is 37.8 Å². The number of nitrogens with one attached hydrogen (secondary N) is 2. The molecule has 0 unspecified atom stereocenters. The second kappa shape index (κ2) is 7.01. The van der Waals surface area contributed by atoms with E-state index in [2.05, 4.69) is 20.4 Å². The van der Waals surface area contributed by atoms with Gasteiger partial charge in [0.05, 0.1) is 11.7 Å². The van der Waals surface area contributed by atoms with Gasteiger partial charge in [0.1, 0.15) is 0 Å². The minimum Gasteiger partial charge on any atom is -0.371 e. The van der Waals surface area contributed by atoms with Gasteiger partial charge in [-0.15, -0.1) is 0 Å². The van der Waals surface area contributed by atoms with Gasteiger partial charge in [-0.3, -0.25) is 9.89 Å². The Morgan fingerprint density at radius 3 is 2.82 bits per heavy atom. The fourth-order valence-corrected chi connectivity index (χ4v) is 3.16. The highest BCUT2D eigenvalue weighted by atomic mass is 35.5. The summed E-state index contributed by atoms with van der Waals surface area (Å²) in [6.07, 6.45) is 6.43. The molecule has 0 atom stereocenters. The molecule has 2 heterocycles. The standard InChI is InChI=1S/C16H21ClN4O/c17-12-9-14-13(11-19-20-14)15(10-12)21-7-3-1-5-16(22)18-6-2-4-8-21/h9-11H,1-8H2,(H,18,22)(H,19,20). The van der Waals surface area contributed by atoms with Crippen molar-refractivity contribution in [2.24, 2.45) is 0 Å². The highest BCUT2D eigenvalue weighted by Gasteiger charge is 2.14. The predicted octanol–water partition coefficient (Wildman–Crippen LogP) is 3.10. The number of fused-ring (bicyclic) bond motifs is 1. The minimum atomic E-state index is 0.174. The SMILES string of the molecule is O=C1CCCCN(c2cc(Cl)cc3[nH]ncc23)CCCCN1. The molecule has 5 nitrogen and oxygen atoms in total. The zero-order valence-electron chi connectivity index (χ0n) is 12.6. The molecule has 3 rings (SSSR count). The number of H-pyrrole nitrogens is 1. The molecule has 1 aromatic carbocycles. The number of rotatable bonds is 1. The van der Waals surface area contributed by atoms with Crippen LogP contribution in [0.2, 0.25) is 5.02 Å². The van der Waals surface area contributed by atoms with Crippen molar-refractivity contribution < 1.29 is 4.79 Å². The van der Waals surface area contributed by atoms with Crippen molar-refractivity contribution in [3.8, 4) is 0 Å². The maximum Gasteiger partial charge on any atom is 0.219 e. The average Bonchev–Trinajstić information content (AvgIpc) is 2.94. The molecule has 1 aliphatic heterocycles. The number of aromatic nitrogens is 2. The summed E-state index contributed by atoms with van der Waals surface area (Å²) in [6, 6.07) is 3.92. The van der Waals surface area contributed by atoms with E-state index in [1.54, 1.807) is 0 Å². The maximum atomic E-state index is 11.6. The number of carbonyl (C=O) groups excluding carboxylic acids is 1. The lowest BCUT2D eigenvalue weighted by Crippen LogP contribution is -2.26. The Hall–Kier alpha value is -1.75. The highest BCUT2D eigenvalue weighted by Crippen LogP contribution is 2.30. The normalized spacial score (nSPS) is 18.0. The van der Waals surface area contributed by atoms with Crippen LogP contribution >= 0.6 is 11.6 Å². The Labute approximate surface area is 135 Å². The van der Waals surface area contributed by atoms with E-state index in [4.69, 9.17) is 11.6 Å². The number of benzene rings is 1. The number of anilines is 1. The topological polar surface area (TPSA) is 61.0 Å². The summed E-state index contributed by atoms with van der Waals surface area (Å²) in [6.45, 7) is 2.67. The molecule has 1 amide bonds. The van der Waals surface area contributed by atoms with Gasteiger partial charge in [0, 0.05) is 42.2 Å². The number of hydrogen-bond acceptors (Lipinski definition) is 3. The van der Waals surface area contributed by atoms with Crippen LogP contribution in [-0.2, 0) is 4.79 Å². The molecule has 0 aliphatic carbocycles. The van der Waals surface area contributed by atoms with E-state index in [9.17, 15) is 4.79 Å². The van der Waals surface area contributed by atoms with Crippen LogP contribution in [0.1, 0.15) is 32.1 Å². The largest absolute Gasteiger partial charge is 0.371 e. The first-order valence-electron chi connectivity index (χ1n) is 7.88. The molecule has 2 N–H and O–H groups in total. The van der Waals surface area contributed by atoms with Crippen molar-refractivity contribution in [3.05, 3.63) is 23.4 Å². The zero-order chi connectivity index (χ0) is 15.4. The van der Waals surface area contributed by atoms with Crippen molar-refractivity contribution in [3.63, 3.8) is 0 Å². The third kappa shape index (κ3) is 3.53. The van der Waals surface area contributed by atoms with E-state index in [-0.39, 0.29) is 5.91 Å². The molecule has 1 saturated heterocycles. The van der Waals surface area contributed by atoms with Gasteiger partial charge in [0.25, 0.3) is 0 Å². The van der Waals surface area contributed by atoms with Crippen LogP contribution < -0.4 is 10.2 Å². The van der Waals surface area contributed by atoms with Gasteiger partial charge in [-0.25, -0.2) is 0 Å². The van der Waals surface area contributed by atoms with E-state index < -0.39 is 0 Å². The molecule has 2 aromatic rings. The minimum absolute atomic E-state index is 0.174. The Balaban J connectivity index is 1.83. The Kier molecular flexibility index (Phi) is 4.83. The molecule has 22 heavy (non-hydrogen) atoms. The predicted molar refractivity (Wildman–Crippen MR) is 89.4 cm³/mol. The van der Waals surface area contributed by atoms with E-state index in [1.165, 1.54) is 0 Å². The number of amides is 1. The molecule has 1 fully saturated rings. The molecule has 6 heteroatoms. The monoisotopic (exact) mass is 320 g/mol. The van der Waals surface area contributed by atoms with Gasteiger partial charge in [0.2, 0.25) is 5.91 Å². The molecule has 0 bridgehead atoms. The van der Waals surface area contributed by atoms with Gasteiger partial charge < -0.3 is 10.2 Å². The van der Waals surface area contributed by atoms with Crippen LogP contribution in [0.3, 0.4) is 0 Å². The summed E-state index contributed by atoms with van der Waals surface area (Å²) >= 11 is 6.25. The van der Waals surface area contributed by atoms with Crippen LogP contribution in [0.15, 0.2) is 18.3 Å². The first kappa shape index (κ1) is 15.2. The molecule has 0 spiro atoms. The maximum absolute atomic E-state index is 11.6. The third-order valence-corrected chi connectivity index (χ3v) is 4.32. The second-order valence-corrected chi connectivity index (χ2v) is 6.19. The summed E-state index contributed by atoms with van der Waals surface area (Å²) in [7, 11) is 0. The molecule has 0 saturated carbocycles. The smallest absolute Gasteiger partial charge is 0.219 e. The quantitative estimate of drug-likeness (QED) is 0.848. The zero-order valence-corrected chi connectivity index (χ0v) is 13.3. The molecule has 118 valence electrons. The first-order chi connectivity index (χ1) is 10.7. The van der Waals surface area contributed by atoms with E-state index in [0.717, 1.165) is 66.9 Å². The molecular formula is C16H21ClN4O. The van der Waals surface area contributed by atoms with Crippen LogP contribution in [0.25, 0.3) is 10.9 Å². The third-order valence-electron chi connectivity index (χ3n) is 4.10. The Morgan fingerprint density at radius 1 is 1.14 bits per heavy atom. The second-order valence-electron chi connectivity index (χ2n) is 5.76. The van der Waals surface area contributed by atoms with Crippen LogP contribution in [0.5, 0.6) is 0 Å². The van der Waals surface area contributed by atoms with E-state index in [1.807, 2.05) is 18.3 Å². The lowest BCUT2D eigenvalue weighted by atomic mass is 10.1. The van der Waals surface area contributed by atoms with Gasteiger partial charge >= 0.3 is 0 Å². The summed E-state index contributed by atoms with van der Waals surface area (Å²) < 4.78 is 0. The number of halogens is 1. The first-order valence-corrected chi connectivity index (χ1v) is 8.26. The van der Waals surface area contributed by atoms with Crippen LogP contribution in [0, 0.1) is 0 Å². The van der Waals surface area contributed by atoms with Crippen LogP contribution in [-0.4, -0.2) is 35.7 Å². The summed E-state index contributed by atoms with van der Waals surface area (Å²) in [4.78, 5) is 14.0. The number of aromatic amines is 1. The molecular weight excluding hydrogens is 300 g/mol. The van der Waals surface area contributed by atoms with Gasteiger partial charge in [0.15, 0.2) is 0 Å². The number of carbonyl (C=O) groups is 1. The molecule has 1 aliphatic rings. The average molecular weight is 321 g/mol. The molecule has 1 aromatic heterocycles. The Bertz CT molecular complexity index is 655. The lowest BCUT2D eigenvalue weighted by molar-refractivity contribution is -0.121. The lowest BCUT2D eigenvalue weighted by Gasteiger charge is -2.25. The van der Waals surface area contributed by atoms with Crippen LogP contribution in [0.4, 0.5) is 5.69 Å². The van der Waals surface area contributed by atoms with E-state index in [0.29, 0.717) is 6.42 Å². The van der Waals surface area contributed by atoms with Crippen molar-refractivity contribution in [1.29, 1.82) is 0 Å². The fourth-order valence-electron chi connectivity index (χ4n) is 2.94. The van der Waals surface area contributed by atoms with Gasteiger partial charge in [-0.2, -0.15) is 5.10 Å².